The lowest BCUT2D eigenvalue weighted by atomic mass is 10.00. The number of rotatable bonds is 37. The van der Waals surface area contributed by atoms with Crippen LogP contribution in [0.15, 0.2) is 36.5 Å². The summed E-state index contributed by atoms with van der Waals surface area (Å²) in [6.45, 7) is 3.65. The first-order valence-electron chi connectivity index (χ1n) is 22.6. The first kappa shape index (κ1) is 53.9. The van der Waals surface area contributed by atoms with Gasteiger partial charge in [-0.2, -0.15) is 8.42 Å². The van der Waals surface area contributed by atoms with Crippen LogP contribution in [0.25, 0.3) is 0 Å². The third kappa shape index (κ3) is 30.0. The molecule has 1 heterocycles. The Labute approximate surface area is 351 Å². The fourth-order valence-corrected chi connectivity index (χ4v) is 7.45. The molecule has 0 aromatic rings. The lowest BCUT2D eigenvalue weighted by Gasteiger charge is -2.40. The van der Waals surface area contributed by atoms with Gasteiger partial charge in [0, 0.05) is 12.5 Å². The maximum Gasteiger partial charge on any atom is 0.331 e. The highest BCUT2D eigenvalue weighted by atomic mass is 32.2. The van der Waals surface area contributed by atoms with Gasteiger partial charge in [-0.3, -0.25) is 9.35 Å². The Bertz CT molecular complexity index is 1220. The zero-order valence-electron chi connectivity index (χ0n) is 35.9. The van der Waals surface area contributed by atoms with Crippen molar-refractivity contribution < 1.29 is 56.8 Å². The molecule has 0 saturated carbocycles. The van der Waals surface area contributed by atoms with E-state index in [9.17, 15) is 37.9 Å². The van der Waals surface area contributed by atoms with E-state index in [4.69, 9.17) is 18.9 Å². The van der Waals surface area contributed by atoms with Crippen molar-refractivity contribution in [1.82, 2.24) is 0 Å². The fourth-order valence-electron chi connectivity index (χ4n) is 6.75. The Morgan fingerprint density at radius 1 is 0.621 bits per heavy atom. The van der Waals surface area contributed by atoms with Crippen molar-refractivity contribution in [3.05, 3.63) is 36.5 Å². The summed E-state index contributed by atoms with van der Waals surface area (Å²) < 4.78 is 53.8. The first-order chi connectivity index (χ1) is 28.0. The molecule has 6 atom stereocenters. The Morgan fingerprint density at radius 2 is 1.10 bits per heavy atom. The number of unbranched alkanes of at least 4 members (excludes halogenated alkanes) is 22. The number of hydrogen-bond acceptors (Lipinski definition) is 11. The molecule has 12 nitrogen and oxygen atoms in total. The number of allylic oxidation sites excluding steroid dienone is 5. The van der Waals surface area contributed by atoms with Gasteiger partial charge in [0.25, 0.3) is 10.1 Å². The summed E-state index contributed by atoms with van der Waals surface area (Å²) >= 11 is 0. The van der Waals surface area contributed by atoms with Crippen molar-refractivity contribution in [3.8, 4) is 0 Å². The molecule has 1 aliphatic rings. The monoisotopic (exact) mass is 845 g/mol. The number of carbonyl (C=O) groups excluding carboxylic acids is 2. The lowest BCUT2D eigenvalue weighted by molar-refractivity contribution is -0.297. The minimum atomic E-state index is -4.61. The fraction of sp³-hybridized carbons (Fsp3) is 0.822. The quantitative estimate of drug-likeness (QED) is 0.0116. The smallest absolute Gasteiger partial charge is 0.331 e. The topological polar surface area (TPSA) is 186 Å². The van der Waals surface area contributed by atoms with Crippen LogP contribution in [-0.4, -0.2) is 96.0 Å². The van der Waals surface area contributed by atoms with Crippen LogP contribution < -0.4 is 0 Å². The highest BCUT2D eigenvalue weighted by Gasteiger charge is 2.46. The molecule has 2 unspecified atom stereocenters. The van der Waals surface area contributed by atoms with Crippen LogP contribution in [0.3, 0.4) is 0 Å². The maximum absolute atomic E-state index is 12.7. The molecule has 4 N–H and O–H groups in total. The lowest BCUT2D eigenvalue weighted by Crippen LogP contribution is -2.60. The number of carbonyl (C=O) groups is 2. The van der Waals surface area contributed by atoms with Crippen molar-refractivity contribution >= 4 is 22.1 Å². The van der Waals surface area contributed by atoms with Crippen LogP contribution in [0.2, 0.25) is 0 Å². The number of aliphatic hydroxyl groups is 3. The van der Waals surface area contributed by atoms with Gasteiger partial charge in [0.2, 0.25) is 0 Å². The largest absolute Gasteiger partial charge is 0.462 e. The average molecular weight is 845 g/mol. The van der Waals surface area contributed by atoms with Crippen LogP contribution in [0, 0.1) is 0 Å². The summed E-state index contributed by atoms with van der Waals surface area (Å²) in [5.74, 6) is -2.27. The van der Waals surface area contributed by atoms with Crippen LogP contribution >= 0.6 is 0 Å². The minimum absolute atomic E-state index is 0.180. The van der Waals surface area contributed by atoms with E-state index < -0.39 is 71.2 Å². The van der Waals surface area contributed by atoms with E-state index in [1.165, 1.54) is 115 Å². The number of hydrogen-bond donors (Lipinski definition) is 4. The van der Waals surface area contributed by atoms with Crippen LogP contribution in [-0.2, 0) is 38.7 Å². The predicted molar refractivity (Wildman–Crippen MR) is 229 cm³/mol. The van der Waals surface area contributed by atoms with E-state index in [-0.39, 0.29) is 13.0 Å². The van der Waals surface area contributed by atoms with E-state index >= 15 is 0 Å². The molecular weight excluding hydrogens is 765 g/mol. The van der Waals surface area contributed by atoms with Gasteiger partial charge in [0.1, 0.15) is 36.8 Å². The van der Waals surface area contributed by atoms with Gasteiger partial charge < -0.3 is 34.3 Å². The highest BCUT2D eigenvalue weighted by Crippen LogP contribution is 2.24. The predicted octanol–water partition coefficient (Wildman–Crippen LogP) is 9.00. The van der Waals surface area contributed by atoms with Crippen molar-refractivity contribution in [2.75, 3.05) is 19.0 Å². The summed E-state index contributed by atoms with van der Waals surface area (Å²) in [4.78, 5) is 25.2. The van der Waals surface area contributed by atoms with Crippen LogP contribution in [0.5, 0.6) is 0 Å². The molecule has 0 aliphatic carbocycles. The second kappa shape index (κ2) is 35.6. The number of aliphatic hydroxyl groups excluding tert-OH is 3. The highest BCUT2D eigenvalue weighted by molar-refractivity contribution is 7.85. The van der Waals surface area contributed by atoms with Gasteiger partial charge in [0.05, 0.1) is 6.61 Å². The summed E-state index contributed by atoms with van der Waals surface area (Å²) in [5, 5.41) is 30.8. The molecule has 0 aromatic carbocycles. The van der Waals surface area contributed by atoms with Crippen LogP contribution in [0.4, 0.5) is 0 Å². The molecule has 0 aromatic heterocycles. The van der Waals surface area contributed by atoms with Gasteiger partial charge in [0.15, 0.2) is 12.4 Å². The third-order valence-electron chi connectivity index (χ3n) is 10.3. The molecule has 0 spiro atoms. The molecule has 1 saturated heterocycles. The van der Waals surface area contributed by atoms with E-state index in [1.54, 1.807) is 12.2 Å². The number of esters is 2. The maximum atomic E-state index is 12.7. The standard InChI is InChI=1S/C45H80O12S/c1-3-5-7-9-11-13-15-17-19-21-23-25-27-29-31-33-40(46)54-35-38(36-55-45-44(50)43(49)42(48)39(57-45)37-58(51,52)53)56-41(47)34-32-30-28-26-24-22-20-18-16-14-12-10-8-6-4-2/h21,23,28,30,32,34,38-39,42-45,48-50H,3-20,22,24-27,29,31,33,35-37H2,1-2H3,(H,51,52,53)/b23-21+,30-28+,34-32+/t38-,39-,42-,43?,44?,45+/m1/s1. The van der Waals surface area contributed by atoms with E-state index in [2.05, 4.69) is 26.0 Å². The Hall–Kier alpha value is -2.13. The van der Waals surface area contributed by atoms with Gasteiger partial charge in [-0.05, 0) is 44.9 Å². The molecular formula is C45H80O12S. The van der Waals surface area contributed by atoms with E-state index in [1.807, 2.05) is 6.08 Å². The molecule has 0 amide bonds. The molecule has 1 rings (SSSR count). The molecule has 1 aliphatic heterocycles. The van der Waals surface area contributed by atoms with Crippen molar-refractivity contribution in [2.45, 2.75) is 218 Å². The van der Waals surface area contributed by atoms with Gasteiger partial charge >= 0.3 is 11.9 Å². The van der Waals surface area contributed by atoms with Gasteiger partial charge in [-0.25, -0.2) is 4.79 Å². The normalized spacial score (nSPS) is 20.7. The molecule has 1 fully saturated rings. The third-order valence-corrected chi connectivity index (χ3v) is 11.0. The molecule has 0 radical (unpaired) electrons. The molecule has 0 bridgehead atoms. The Kier molecular flexibility index (Phi) is 33.1. The molecule has 13 heteroatoms. The van der Waals surface area contributed by atoms with Crippen LogP contribution in [0.1, 0.15) is 181 Å². The van der Waals surface area contributed by atoms with Crippen molar-refractivity contribution in [1.29, 1.82) is 0 Å². The zero-order chi connectivity index (χ0) is 42.7. The Morgan fingerprint density at radius 3 is 1.62 bits per heavy atom. The summed E-state index contributed by atoms with van der Waals surface area (Å²) in [5.41, 5.74) is 0. The van der Waals surface area contributed by atoms with Crippen molar-refractivity contribution in [3.63, 3.8) is 0 Å². The average Bonchev–Trinajstić information content (AvgIpc) is 3.18. The Balaban J connectivity index is 2.52. The number of ether oxygens (including phenoxy) is 4. The minimum Gasteiger partial charge on any atom is -0.462 e. The molecule has 58 heavy (non-hydrogen) atoms. The summed E-state index contributed by atoms with van der Waals surface area (Å²) in [7, 11) is -4.61. The second-order valence-corrected chi connectivity index (χ2v) is 17.3. The molecule has 338 valence electrons. The first-order valence-corrected chi connectivity index (χ1v) is 24.2. The summed E-state index contributed by atoms with van der Waals surface area (Å²) in [6, 6.07) is 0. The van der Waals surface area contributed by atoms with Gasteiger partial charge in [-0.15, -0.1) is 0 Å². The van der Waals surface area contributed by atoms with E-state index in [0.717, 1.165) is 44.9 Å². The van der Waals surface area contributed by atoms with Crippen molar-refractivity contribution in [2.24, 2.45) is 0 Å². The SMILES string of the molecule is CCCCCCCCCC/C=C/CCCCCC(=O)OC[C@H](CO[C@H]1O[C@H](CS(=O)(=O)O)[C@@H](O)C(O)C1O)OC(=O)/C=C/C=C/CCCCCCCCCCCCC. The zero-order valence-corrected chi connectivity index (χ0v) is 36.7. The summed E-state index contributed by atoms with van der Waals surface area (Å²) in [6.07, 6.45) is 31.1. The van der Waals surface area contributed by atoms with E-state index in [0.29, 0.717) is 6.42 Å². The second-order valence-electron chi connectivity index (χ2n) is 15.8. The van der Waals surface area contributed by atoms with Gasteiger partial charge in [-0.1, -0.05) is 160 Å².